The lowest BCUT2D eigenvalue weighted by Crippen LogP contribution is -1.89. The molecule has 0 unspecified atom stereocenters. The maximum atomic E-state index is 9.90. The lowest BCUT2D eigenvalue weighted by atomic mass is 10.2. The number of phenols is 2. The fourth-order valence-electron chi connectivity index (χ4n) is 1.93. The van der Waals surface area contributed by atoms with E-state index in [1.807, 2.05) is 36.4 Å². The Hall–Kier alpha value is -3.14. The molecule has 3 aromatic carbocycles. The molecule has 0 radical (unpaired) electrons. The van der Waals surface area contributed by atoms with Crippen LogP contribution in [0.15, 0.2) is 72.8 Å². The van der Waals surface area contributed by atoms with E-state index in [1.54, 1.807) is 24.3 Å². The van der Waals surface area contributed by atoms with E-state index in [1.165, 1.54) is 12.1 Å². The minimum atomic E-state index is -0.165. The molecule has 4 heteroatoms. The Balaban J connectivity index is 1.90. The van der Waals surface area contributed by atoms with Gasteiger partial charge in [-0.15, -0.1) is 0 Å². The van der Waals surface area contributed by atoms with Crippen LogP contribution in [-0.4, -0.2) is 10.2 Å². The van der Waals surface area contributed by atoms with Crippen molar-refractivity contribution in [3.05, 3.63) is 72.8 Å². The van der Waals surface area contributed by atoms with E-state index in [4.69, 9.17) is 9.47 Å². The SMILES string of the molecule is Oc1cc(O)c(Oc2ccccc2)cc1Oc1ccccc1. The first-order chi connectivity index (χ1) is 10.7. The van der Waals surface area contributed by atoms with Crippen LogP contribution in [0.25, 0.3) is 0 Å². The van der Waals surface area contributed by atoms with E-state index in [-0.39, 0.29) is 23.0 Å². The number of aromatic hydroxyl groups is 2. The smallest absolute Gasteiger partial charge is 0.173 e. The molecule has 0 aromatic heterocycles. The van der Waals surface area contributed by atoms with E-state index in [0.717, 1.165) is 0 Å². The van der Waals surface area contributed by atoms with Gasteiger partial charge >= 0.3 is 0 Å². The average Bonchev–Trinajstić information content (AvgIpc) is 2.54. The zero-order chi connectivity index (χ0) is 15.4. The van der Waals surface area contributed by atoms with E-state index < -0.39 is 0 Å². The number of para-hydroxylation sites is 2. The Bertz CT molecular complexity index is 692. The molecule has 3 aromatic rings. The van der Waals surface area contributed by atoms with Gasteiger partial charge in [0.05, 0.1) is 0 Å². The van der Waals surface area contributed by atoms with Gasteiger partial charge in [-0.05, 0) is 24.3 Å². The lowest BCUT2D eigenvalue weighted by molar-refractivity contribution is 0.382. The van der Waals surface area contributed by atoms with Crippen molar-refractivity contribution < 1.29 is 19.7 Å². The Morgan fingerprint density at radius 1 is 0.545 bits per heavy atom. The third-order valence-electron chi connectivity index (χ3n) is 2.98. The zero-order valence-electron chi connectivity index (χ0n) is 11.6. The van der Waals surface area contributed by atoms with Crippen molar-refractivity contribution in [1.82, 2.24) is 0 Å². The first kappa shape index (κ1) is 13.8. The fourth-order valence-corrected chi connectivity index (χ4v) is 1.93. The second kappa shape index (κ2) is 6.10. The molecule has 0 aliphatic carbocycles. The predicted octanol–water partition coefficient (Wildman–Crippen LogP) is 4.68. The van der Waals surface area contributed by atoms with Crippen LogP contribution in [0.5, 0.6) is 34.5 Å². The van der Waals surface area contributed by atoms with Crippen molar-refractivity contribution in [2.75, 3.05) is 0 Å². The highest BCUT2D eigenvalue weighted by Crippen LogP contribution is 2.41. The van der Waals surface area contributed by atoms with Crippen LogP contribution in [0.4, 0.5) is 0 Å². The van der Waals surface area contributed by atoms with Gasteiger partial charge < -0.3 is 19.7 Å². The fraction of sp³-hybridized carbons (Fsp3) is 0. The molecule has 0 spiro atoms. The maximum absolute atomic E-state index is 9.90. The van der Waals surface area contributed by atoms with Crippen molar-refractivity contribution in [2.24, 2.45) is 0 Å². The van der Waals surface area contributed by atoms with Crippen molar-refractivity contribution in [3.8, 4) is 34.5 Å². The Kier molecular flexibility index (Phi) is 3.83. The summed E-state index contributed by atoms with van der Waals surface area (Å²) < 4.78 is 11.2. The van der Waals surface area contributed by atoms with Crippen LogP contribution in [-0.2, 0) is 0 Å². The van der Waals surface area contributed by atoms with E-state index >= 15 is 0 Å². The molecule has 0 saturated carbocycles. The molecule has 0 heterocycles. The zero-order valence-corrected chi connectivity index (χ0v) is 11.6. The summed E-state index contributed by atoms with van der Waals surface area (Å²) >= 11 is 0. The maximum Gasteiger partial charge on any atom is 0.173 e. The molecule has 4 nitrogen and oxygen atoms in total. The molecule has 0 aliphatic rings. The molecule has 3 rings (SSSR count). The van der Waals surface area contributed by atoms with Crippen LogP contribution in [0.3, 0.4) is 0 Å². The molecule has 0 amide bonds. The molecule has 110 valence electrons. The second-order valence-corrected chi connectivity index (χ2v) is 4.62. The Labute approximate surface area is 127 Å². The van der Waals surface area contributed by atoms with E-state index in [9.17, 15) is 10.2 Å². The van der Waals surface area contributed by atoms with Crippen molar-refractivity contribution in [2.45, 2.75) is 0 Å². The topological polar surface area (TPSA) is 58.9 Å². The monoisotopic (exact) mass is 294 g/mol. The van der Waals surface area contributed by atoms with Crippen LogP contribution < -0.4 is 9.47 Å². The Morgan fingerprint density at radius 2 is 0.955 bits per heavy atom. The number of ether oxygens (including phenoxy) is 2. The summed E-state index contributed by atoms with van der Waals surface area (Å²) in [6.07, 6.45) is 0. The third kappa shape index (κ3) is 3.12. The van der Waals surface area contributed by atoms with E-state index in [0.29, 0.717) is 11.5 Å². The van der Waals surface area contributed by atoms with Gasteiger partial charge in [0.15, 0.2) is 23.0 Å². The van der Waals surface area contributed by atoms with Crippen molar-refractivity contribution in [3.63, 3.8) is 0 Å². The van der Waals surface area contributed by atoms with Gasteiger partial charge in [0.1, 0.15) is 11.5 Å². The van der Waals surface area contributed by atoms with Gasteiger partial charge in [0, 0.05) is 12.1 Å². The average molecular weight is 294 g/mol. The largest absolute Gasteiger partial charge is 0.504 e. The third-order valence-corrected chi connectivity index (χ3v) is 2.98. The normalized spacial score (nSPS) is 10.2. The lowest BCUT2D eigenvalue weighted by Gasteiger charge is -2.12. The highest BCUT2D eigenvalue weighted by Gasteiger charge is 2.12. The summed E-state index contributed by atoms with van der Waals surface area (Å²) in [6.45, 7) is 0. The summed E-state index contributed by atoms with van der Waals surface area (Å²) in [6, 6.07) is 20.8. The van der Waals surface area contributed by atoms with Crippen LogP contribution in [0.1, 0.15) is 0 Å². The molecule has 0 atom stereocenters. The molecular formula is C18H14O4. The van der Waals surface area contributed by atoms with Crippen molar-refractivity contribution >= 4 is 0 Å². The number of rotatable bonds is 4. The van der Waals surface area contributed by atoms with Gasteiger partial charge in [0.2, 0.25) is 0 Å². The summed E-state index contributed by atoms with van der Waals surface area (Å²) in [5.41, 5.74) is 0. The molecular weight excluding hydrogens is 280 g/mol. The van der Waals surface area contributed by atoms with Crippen molar-refractivity contribution in [1.29, 1.82) is 0 Å². The molecule has 22 heavy (non-hydrogen) atoms. The predicted molar refractivity (Wildman–Crippen MR) is 82.8 cm³/mol. The minimum absolute atomic E-state index is 0.165. The number of hydrogen-bond donors (Lipinski definition) is 2. The second-order valence-electron chi connectivity index (χ2n) is 4.62. The van der Waals surface area contributed by atoms with Gasteiger partial charge in [-0.1, -0.05) is 36.4 Å². The molecule has 2 N–H and O–H groups in total. The van der Waals surface area contributed by atoms with E-state index in [2.05, 4.69) is 0 Å². The van der Waals surface area contributed by atoms with Crippen LogP contribution in [0, 0.1) is 0 Å². The molecule has 0 bridgehead atoms. The molecule has 0 aliphatic heterocycles. The summed E-state index contributed by atoms with van der Waals surface area (Å²) in [5, 5.41) is 19.8. The standard InChI is InChI=1S/C18H14O4/c19-15-11-16(20)18(22-14-9-5-2-6-10-14)12-17(15)21-13-7-3-1-4-8-13/h1-12,19-20H. The summed E-state index contributed by atoms with van der Waals surface area (Å²) in [4.78, 5) is 0. The molecule has 0 fully saturated rings. The summed E-state index contributed by atoms with van der Waals surface area (Å²) in [5.74, 6) is 1.23. The van der Waals surface area contributed by atoms with Crippen LogP contribution >= 0.6 is 0 Å². The summed E-state index contributed by atoms with van der Waals surface area (Å²) in [7, 11) is 0. The quantitative estimate of drug-likeness (QED) is 0.733. The number of benzene rings is 3. The van der Waals surface area contributed by atoms with Gasteiger partial charge in [-0.25, -0.2) is 0 Å². The highest BCUT2D eigenvalue weighted by molar-refractivity contribution is 5.55. The van der Waals surface area contributed by atoms with Crippen LogP contribution in [0.2, 0.25) is 0 Å². The highest BCUT2D eigenvalue weighted by atomic mass is 16.5. The first-order valence-electron chi connectivity index (χ1n) is 6.74. The number of hydrogen-bond acceptors (Lipinski definition) is 4. The first-order valence-corrected chi connectivity index (χ1v) is 6.74. The minimum Gasteiger partial charge on any atom is -0.504 e. The molecule has 0 saturated heterocycles. The van der Waals surface area contributed by atoms with Gasteiger partial charge in [0.25, 0.3) is 0 Å². The van der Waals surface area contributed by atoms with Gasteiger partial charge in [-0.2, -0.15) is 0 Å². The Morgan fingerprint density at radius 3 is 1.36 bits per heavy atom. The van der Waals surface area contributed by atoms with Gasteiger partial charge in [-0.3, -0.25) is 0 Å². The number of phenolic OH excluding ortho intramolecular Hbond substituents is 2.